The quantitative estimate of drug-likeness (QED) is 0.742. The van der Waals surface area contributed by atoms with Gasteiger partial charge in [-0.05, 0) is 31.2 Å². The van der Waals surface area contributed by atoms with Crippen LogP contribution in [0.2, 0.25) is 0 Å². The first-order valence-electron chi connectivity index (χ1n) is 7.62. The van der Waals surface area contributed by atoms with E-state index >= 15 is 0 Å². The Balaban J connectivity index is 1.67. The van der Waals surface area contributed by atoms with Gasteiger partial charge in [-0.15, -0.1) is 11.3 Å². The average molecular weight is 339 g/mol. The number of carbonyl (C=O) groups excluding carboxylic acids is 1. The van der Waals surface area contributed by atoms with Crippen molar-refractivity contribution in [2.24, 2.45) is 0 Å². The van der Waals surface area contributed by atoms with Gasteiger partial charge in [-0.3, -0.25) is 9.78 Å². The number of amides is 1. The molecule has 2 aromatic heterocycles. The second-order valence-electron chi connectivity index (χ2n) is 5.04. The van der Waals surface area contributed by atoms with Gasteiger partial charge < -0.3 is 10.1 Å². The number of pyridine rings is 1. The van der Waals surface area contributed by atoms with Gasteiger partial charge in [0.25, 0.3) is 0 Å². The number of benzene rings is 1. The van der Waals surface area contributed by atoms with Crippen molar-refractivity contribution < 1.29 is 9.53 Å². The van der Waals surface area contributed by atoms with Crippen LogP contribution in [0.3, 0.4) is 0 Å². The molecule has 3 aromatic rings. The number of nitrogens with zero attached hydrogens (tertiary/aromatic N) is 2. The van der Waals surface area contributed by atoms with Crippen LogP contribution >= 0.6 is 11.3 Å². The normalized spacial score (nSPS) is 10.4. The lowest BCUT2D eigenvalue weighted by molar-refractivity contribution is -0.115. The summed E-state index contributed by atoms with van der Waals surface area (Å²) < 4.78 is 5.51. The Morgan fingerprint density at radius 2 is 2.12 bits per heavy atom. The van der Waals surface area contributed by atoms with E-state index in [0.717, 1.165) is 16.3 Å². The molecule has 0 aliphatic carbocycles. The minimum atomic E-state index is -0.120. The van der Waals surface area contributed by atoms with Crippen molar-refractivity contribution in [2.75, 3.05) is 11.9 Å². The molecule has 1 aromatic carbocycles. The number of aromatic nitrogens is 2. The number of thiazole rings is 1. The maximum atomic E-state index is 12.3. The van der Waals surface area contributed by atoms with Crippen molar-refractivity contribution in [1.82, 2.24) is 9.97 Å². The highest BCUT2D eigenvalue weighted by Crippen LogP contribution is 2.25. The van der Waals surface area contributed by atoms with Crippen LogP contribution in [0.5, 0.6) is 5.75 Å². The highest BCUT2D eigenvalue weighted by atomic mass is 32.1. The summed E-state index contributed by atoms with van der Waals surface area (Å²) in [6.45, 7) is 2.46. The fraction of sp³-hybridized carbons (Fsp3) is 0.167. The molecule has 2 heterocycles. The van der Waals surface area contributed by atoms with Gasteiger partial charge >= 0.3 is 0 Å². The van der Waals surface area contributed by atoms with Gasteiger partial charge in [-0.1, -0.05) is 12.1 Å². The van der Waals surface area contributed by atoms with Crippen LogP contribution in [0.15, 0.2) is 54.2 Å². The summed E-state index contributed by atoms with van der Waals surface area (Å²) in [4.78, 5) is 20.9. The van der Waals surface area contributed by atoms with E-state index in [1.54, 1.807) is 12.4 Å². The van der Waals surface area contributed by atoms with E-state index in [9.17, 15) is 4.79 Å². The molecule has 122 valence electrons. The Kier molecular flexibility index (Phi) is 5.18. The van der Waals surface area contributed by atoms with E-state index < -0.39 is 0 Å². The first-order chi connectivity index (χ1) is 11.8. The van der Waals surface area contributed by atoms with Gasteiger partial charge in [0.15, 0.2) is 0 Å². The van der Waals surface area contributed by atoms with E-state index in [1.165, 1.54) is 11.3 Å². The summed E-state index contributed by atoms with van der Waals surface area (Å²) in [5, 5.41) is 5.64. The fourth-order valence-electron chi connectivity index (χ4n) is 2.22. The van der Waals surface area contributed by atoms with Gasteiger partial charge in [0.1, 0.15) is 10.8 Å². The van der Waals surface area contributed by atoms with Crippen molar-refractivity contribution in [3.63, 3.8) is 0 Å². The van der Waals surface area contributed by atoms with Gasteiger partial charge in [0.2, 0.25) is 5.91 Å². The number of hydrogen-bond acceptors (Lipinski definition) is 5. The van der Waals surface area contributed by atoms with E-state index in [2.05, 4.69) is 15.3 Å². The first-order valence-corrected chi connectivity index (χ1v) is 8.50. The van der Waals surface area contributed by atoms with Gasteiger partial charge in [0, 0.05) is 23.3 Å². The molecule has 0 atom stereocenters. The van der Waals surface area contributed by atoms with Crippen LogP contribution in [0.25, 0.3) is 10.6 Å². The van der Waals surface area contributed by atoms with Crippen LogP contribution in [0.4, 0.5) is 5.69 Å². The second-order valence-corrected chi connectivity index (χ2v) is 5.90. The van der Waals surface area contributed by atoms with E-state index in [1.807, 2.05) is 48.7 Å². The van der Waals surface area contributed by atoms with Crippen molar-refractivity contribution in [3.8, 4) is 16.3 Å². The minimum absolute atomic E-state index is 0.120. The second kappa shape index (κ2) is 7.70. The highest BCUT2D eigenvalue weighted by molar-refractivity contribution is 7.13. The number of carbonyl (C=O) groups is 1. The molecule has 5 nitrogen and oxygen atoms in total. The zero-order valence-electron chi connectivity index (χ0n) is 13.2. The first kappa shape index (κ1) is 16.1. The predicted octanol–water partition coefficient (Wildman–Crippen LogP) is 3.79. The lowest BCUT2D eigenvalue weighted by Crippen LogP contribution is -2.15. The van der Waals surface area contributed by atoms with E-state index in [0.29, 0.717) is 18.0 Å². The lowest BCUT2D eigenvalue weighted by Gasteiger charge is -2.10. The summed E-state index contributed by atoms with van der Waals surface area (Å²) in [7, 11) is 0. The molecule has 0 bridgehead atoms. The summed E-state index contributed by atoms with van der Waals surface area (Å²) in [6.07, 6.45) is 3.71. The molecule has 0 unspecified atom stereocenters. The molecular formula is C18H17N3O2S. The van der Waals surface area contributed by atoms with Gasteiger partial charge in [-0.25, -0.2) is 4.98 Å². The predicted molar refractivity (Wildman–Crippen MR) is 95.3 cm³/mol. The monoisotopic (exact) mass is 339 g/mol. The topological polar surface area (TPSA) is 64.1 Å². The third-order valence-electron chi connectivity index (χ3n) is 3.26. The summed E-state index contributed by atoms with van der Waals surface area (Å²) in [5.74, 6) is 0.549. The van der Waals surface area contributed by atoms with Crippen molar-refractivity contribution >= 4 is 22.9 Å². The molecular weight excluding hydrogens is 322 g/mol. The number of ether oxygens (including phenoxy) is 1. The molecule has 0 fully saturated rings. The molecule has 0 radical (unpaired) electrons. The van der Waals surface area contributed by atoms with Crippen molar-refractivity contribution in [3.05, 3.63) is 59.9 Å². The average Bonchev–Trinajstić information content (AvgIpc) is 3.06. The van der Waals surface area contributed by atoms with Crippen LogP contribution < -0.4 is 10.1 Å². The minimum Gasteiger partial charge on any atom is -0.492 e. The van der Waals surface area contributed by atoms with Crippen LogP contribution in [0.1, 0.15) is 12.6 Å². The standard InChI is InChI=1S/C18H17N3O2S/c1-2-23-16-8-4-3-7-15(16)21-17(22)10-14-12-24-18(20-14)13-6-5-9-19-11-13/h3-9,11-12H,2,10H2,1H3,(H,21,22). The molecule has 3 rings (SSSR count). The molecule has 1 N–H and O–H groups in total. The Morgan fingerprint density at radius 1 is 1.25 bits per heavy atom. The van der Waals surface area contributed by atoms with Crippen molar-refractivity contribution in [2.45, 2.75) is 13.3 Å². The fourth-order valence-corrected chi connectivity index (χ4v) is 3.03. The Labute approximate surface area is 144 Å². The largest absolute Gasteiger partial charge is 0.492 e. The van der Waals surface area contributed by atoms with E-state index in [-0.39, 0.29) is 12.3 Å². The zero-order valence-corrected chi connectivity index (χ0v) is 14.0. The number of nitrogens with one attached hydrogen (secondary N) is 1. The highest BCUT2D eigenvalue weighted by Gasteiger charge is 2.11. The molecule has 1 amide bonds. The molecule has 6 heteroatoms. The lowest BCUT2D eigenvalue weighted by atomic mass is 10.2. The maximum Gasteiger partial charge on any atom is 0.230 e. The molecule has 0 saturated carbocycles. The summed E-state index contributed by atoms with van der Waals surface area (Å²) in [5.41, 5.74) is 2.37. The van der Waals surface area contributed by atoms with Crippen molar-refractivity contribution in [1.29, 1.82) is 0 Å². The molecule has 0 aliphatic heterocycles. The number of hydrogen-bond donors (Lipinski definition) is 1. The van der Waals surface area contributed by atoms with Crippen LogP contribution in [-0.2, 0) is 11.2 Å². The zero-order chi connectivity index (χ0) is 16.8. The summed E-state index contributed by atoms with van der Waals surface area (Å²) >= 11 is 1.51. The Hall–Kier alpha value is -2.73. The smallest absolute Gasteiger partial charge is 0.230 e. The number of para-hydroxylation sites is 2. The molecule has 0 aliphatic rings. The molecule has 0 spiro atoms. The maximum absolute atomic E-state index is 12.3. The van der Waals surface area contributed by atoms with Crippen LogP contribution in [-0.4, -0.2) is 22.5 Å². The van der Waals surface area contributed by atoms with E-state index in [4.69, 9.17) is 4.74 Å². The third-order valence-corrected chi connectivity index (χ3v) is 4.20. The third kappa shape index (κ3) is 3.97. The Morgan fingerprint density at radius 3 is 2.92 bits per heavy atom. The number of rotatable bonds is 6. The van der Waals surface area contributed by atoms with Crippen LogP contribution in [0, 0.1) is 0 Å². The summed E-state index contributed by atoms with van der Waals surface area (Å²) in [6, 6.07) is 11.2. The van der Waals surface area contributed by atoms with Gasteiger partial charge in [-0.2, -0.15) is 0 Å². The number of anilines is 1. The molecule has 0 saturated heterocycles. The molecule has 24 heavy (non-hydrogen) atoms. The van der Waals surface area contributed by atoms with Gasteiger partial charge in [0.05, 0.1) is 24.4 Å². The Bertz CT molecular complexity index is 818. The SMILES string of the molecule is CCOc1ccccc1NC(=O)Cc1csc(-c2cccnc2)n1.